The van der Waals surface area contributed by atoms with E-state index in [0.717, 1.165) is 12.2 Å². The van der Waals surface area contributed by atoms with Crippen LogP contribution in [0.3, 0.4) is 0 Å². The van der Waals surface area contributed by atoms with Crippen molar-refractivity contribution in [2.24, 2.45) is 0 Å². The fraction of sp³-hybridized carbons (Fsp3) is 0.211. The van der Waals surface area contributed by atoms with Gasteiger partial charge in [-0.15, -0.1) is 0 Å². The van der Waals surface area contributed by atoms with Crippen molar-refractivity contribution < 1.29 is 0 Å². The second-order valence-electron chi connectivity index (χ2n) is 5.66. The molecule has 1 aliphatic rings. The van der Waals surface area contributed by atoms with Gasteiger partial charge in [0.25, 0.3) is 0 Å². The first kappa shape index (κ1) is 12.5. The second kappa shape index (κ2) is 5.30. The van der Waals surface area contributed by atoms with Gasteiger partial charge < -0.3 is 5.32 Å². The van der Waals surface area contributed by atoms with Gasteiger partial charge in [0.1, 0.15) is 0 Å². The lowest BCUT2D eigenvalue weighted by Gasteiger charge is -2.13. The van der Waals surface area contributed by atoms with Gasteiger partial charge >= 0.3 is 0 Å². The lowest BCUT2D eigenvalue weighted by Crippen LogP contribution is -2.12. The minimum atomic E-state index is 0.498. The van der Waals surface area contributed by atoms with E-state index in [1.54, 1.807) is 0 Å². The molecule has 104 valence electrons. The van der Waals surface area contributed by atoms with Gasteiger partial charge in [-0.25, -0.2) is 0 Å². The molecule has 0 unspecified atom stereocenters. The maximum atomic E-state index is 4.62. The number of fused-ring (bicyclic) bond motifs is 1. The van der Waals surface area contributed by atoms with Crippen LogP contribution in [0.5, 0.6) is 0 Å². The Morgan fingerprint density at radius 1 is 1.00 bits per heavy atom. The third-order valence-corrected chi connectivity index (χ3v) is 4.30. The third-order valence-electron chi connectivity index (χ3n) is 4.30. The molecule has 2 nitrogen and oxygen atoms in total. The topological polar surface area (TPSA) is 24.9 Å². The summed E-state index contributed by atoms with van der Waals surface area (Å²) in [7, 11) is 0. The zero-order chi connectivity index (χ0) is 14.1. The second-order valence-corrected chi connectivity index (χ2v) is 5.66. The van der Waals surface area contributed by atoms with Gasteiger partial charge in [-0.05, 0) is 42.5 Å². The summed E-state index contributed by atoms with van der Waals surface area (Å²) in [5.74, 6) is 0. The molecule has 2 aromatic carbocycles. The Kier molecular flexibility index (Phi) is 3.17. The third kappa shape index (κ3) is 2.32. The molecule has 0 aliphatic carbocycles. The zero-order valence-electron chi connectivity index (χ0n) is 11.9. The van der Waals surface area contributed by atoms with E-state index in [0.29, 0.717) is 6.04 Å². The molecule has 0 spiro atoms. The van der Waals surface area contributed by atoms with Crippen molar-refractivity contribution >= 4 is 10.8 Å². The van der Waals surface area contributed by atoms with E-state index in [2.05, 4.69) is 58.8 Å². The number of nitrogens with zero attached hydrogens (tertiary/aromatic N) is 1. The molecule has 0 amide bonds. The van der Waals surface area contributed by atoms with E-state index in [-0.39, 0.29) is 0 Å². The van der Waals surface area contributed by atoms with Crippen LogP contribution in [0.4, 0.5) is 0 Å². The maximum Gasteiger partial charge on any atom is 0.0780 e. The van der Waals surface area contributed by atoms with Gasteiger partial charge in [-0.3, -0.25) is 4.98 Å². The van der Waals surface area contributed by atoms with Crippen LogP contribution in [0.2, 0.25) is 0 Å². The molecule has 0 radical (unpaired) electrons. The number of pyridine rings is 1. The molecule has 1 aromatic heterocycles. The molecule has 1 saturated heterocycles. The summed E-state index contributed by atoms with van der Waals surface area (Å²) in [4.78, 5) is 4.62. The molecule has 0 bridgehead atoms. The SMILES string of the molecule is c1ccc(-c2nccc3ccc([C@@H]4CCCN4)cc23)cc1. The number of aromatic nitrogens is 1. The summed E-state index contributed by atoms with van der Waals surface area (Å²) >= 11 is 0. The molecular weight excluding hydrogens is 256 g/mol. The first-order valence-electron chi connectivity index (χ1n) is 7.59. The van der Waals surface area contributed by atoms with Gasteiger partial charge in [-0.2, -0.15) is 0 Å². The monoisotopic (exact) mass is 274 g/mol. The quantitative estimate of drug-likeness (QED) is 0.752. The predicted molar refractivity (Wildman–Crippen MR) is 87.2 cm³/mol. The minimum Gasteiger partial charge on any atom is -0.310 e. The van der Waals surface area contributed by atoms with Crippen LogP contribution in [0.15, 0.2) is 60.8 Å². The molecule has 2 heterocycles. The Labute approximate surface area is 124 Å². The molecular formula is C19H18N2. The molecule has 2 heteroatoms. The summed E-state index contributed by atoms with van der Waals surface area (Å²) in [6.45, 7) is 1.13. The smallest absolute Gasteiger partial charge is 0.0780 e. The first-order chi connectivity index (χ1) is 10.4. The molecule has 1 N–H and O–H groups in total. The van der Waals surface area contributed by atoms with E-state index in [1.165, 1.54) is 34.7 Å². The highest BCUT2D eigenvalue weighted by Gasteiger charge is 2.17. The Bertz CT molecular complexity index is 759. The number of benzene rings is 2. The highest BCUT2D eigenvalue weighted by atomic mass is 14.9. The van der Waals surface area contributed by atoms with Crippen molar-refractivity contribution in [3.63, 3.8) is 0 Å². The van der Waals surface area contributed by atoms with Crippen LogP contribution < -0.4 is 5.32 Å². The number of rotatable bonds is 2. The van der Waals surface area contributed by atoms with Crippen molar-refractivity contribution in [1.29, 1.82) is 0 Å². The van der Waals surface area contributed by atoms with Crippen molar-refractivity contribution in [3.8, 4) is 11.3 Å². The van der Waals surface area contributed by atoms with E-state index >= 15 is 0 Å². The number of hydrogen-bond acceptors (Lipinski definition) is 2. The predicted octanol–water partition coefficient (Wildman–Crippen LogP) is 4.33. The Balaban J connectivity index is 1.88. The largest absolute Gasteiger partial charge is 0.310 e. The fourth-order valence-corrected chi connectivity index (χ4v) is 3.20. The highest BCUT2D eigenvalue weighted by Crippen LogP contribution is 2.31. The lowest BCUT2D eigenvalue weighted by atomic mass is 9.98. The highest BCUT2D eigenvalue weighted by molar-refractivity contribution is 5.94. The molecule has 1 aliphatic heterocycles. The number of nitrogens with one attached hydrogen (secondary N) is 1. The summed E-state index contributed by atoms with van der Waals surface area (Å²) in [5, 5.41) is 6.08. The van der Waals surface area contributed by atoms with Crippen LogP contribution in [-0.2, 0) is 0 Å². The Morgan fingerprint density at radius 3 is 2.71 bits per heavy atom. The van der Waals surface area contributed by atoms with Crippen molar-refractivity contribution in [2.75, 3.05) is 6.54 Å². The van der Waals surface area contributed by atoms with E-state index in [4.69, 9.17) is 0 Å². The molecule has 21 heavy (non-hydrogen) atoms. The van der Waals surface area contributed by atoms with Crippen molar-refractivity contribution in [2.45, 2.75) is 18.9 Å². The van der Waals surface area contributed by atoms with Gasteiger partial charge in [0.2, 0.25) is 0 Å². The van der Waals surface area contributed by atoms with E-state index < -0.39 is 0 Å². The first-order valence-corrected chi connectivity index (χ1v) is 7.59. The Hall–Kier alpha value is -2.19. The summed E-state index contributed by atoms with van der Waals surface area (Å²) in [6.07, 6.45) is 4.39. The van der Waals surface area contributed by atoms with Gasteiger partial charge in [-0.1, -0.05) is 42.5 Å². The van der Waals surface area contributed by atoms with E-state index in [1.807, 2.05) is 12.3 Å². The summed E-state index contributed by atoms with van der Waals surface area (Å²) in [5.41, 5.74) is 3.64. The molecule has 1 atom stereocenters. The van der Waals surface area contributed by atoms with Crippen LogP contribution in [-0.4, -0.2) is 11.5 Å². The normalized spacial score (nSPS) is 18.2. The average Bonchev–Trinajstić information content (AvgIpc) is 3.09. The molecule has 4 rings (SSSR count). The van der Waals surface area contributed by atoms with Crippen LogP contribution in [0.25, 0.3) is 22.0 Å². The van der Waals surface area contributed by atoms with Gasteiger partial charge in [0.15, 0.2) is 0 Å². The average molecular weight is 274 g/mol. The van der Waals surface area contributed by atoms with Crippen LogP contribution in [0, 0.1) is 0 Å². The summed E-state index contributed by atoms with van der Waals surface area (Å²) < 4.78 is 0. The fourth-order valence-electron chi connectivity index (χ4n) is 3.20. The van der Waals surface area contributed by atoms with Crippen LogP contribution >= 0.6 is 0 Å². The van der Waals surface area contributed by atoms with E-state index in [9.17, 15) is 0 Å². The van der Waals surface area contributed by atoms with Gasteiger partial charge in [0.05, 0.1) is 5.69 Å². The van der Waals surface area contributed by atoms with Crippen molar-refractivity contribution in [1.82, 2.24) is 10.3 Å². The standard InChI is InChI=1S/C19H18N2/c1-2-5-15(6-3-1)19-17-13-16(18-7-4-11-20-18)9-8-14(17)10-12-21-19/h1-3,5-6,8-10,12-13,18,20H,4,7,11H2/t18-/m0/s1. The molecule has 0 saturated carbocycles. The Morgan fingerprint density at radius 2 is 1.90 bits per heavy atom. The van der Waals surface area contributed by atoms with Gasteiger partial charge in [0, 0.05) is 23.2 Å². The minimum absolute atomic E-state index is 0.498. The van der Waals surface area contributed by atoms with Crippen molar-refractivity contribution in [3.05, 3.63) is 66.4 Å². The van der Waals surface area contributed by atoms with Crippen LogP contribution in [0.1, 0.15) is 24.4 Å². The molecule has 3 aromatic rings. The zero-order valence-corrected chi connectivity index (χ0v) is 11.9. The number of hydrogen-bond donors (Lipinski definition) is 1. The summed E-state index contributed by atoms with van der Waals surface area (Å²) in [6, 6.07) is 19.8. The maximum absolute atomic E-state index is 4.62. The molecule has 1 fully saturated rings. The lowest BCUT2D eigenvalue weighted by molar-refractivity contribution is 0.648.